The minimum Gasteiger partial charge on any atom is -0.475 e. The van der Waals surface area contributed by atoms with Gasteiger partial charge in [-0.25, -0.2) is 4.79 Å². The molecular weight excluding hydrogens is 216 g/mol. The van der Waals surface area contributed by atoms with E-state index in [0.717, 1.165) is 0 Å². The zero-order valence-electron chi connectivity index (χ0n) is 8.27. The van der Waals surface area contributed by atoms with Crippen LogP contribution in [0.1, 0.15) is 29.7 Å². The summed E-state index contributed by atoms with van der Waals surface area (Å²) in [5.74, 6) is -0.316. The average Bonchev–Trinajstić information content (AvgIpc) is 2.73. The van der Waals surface area contributed by atoms with Crippen LogP contribution >= 0.6 is 11.8 Å². The van der Waals surface area contributed by atoms with Crippen molar-refractivity contribution in [2.45, 2.75) is 24.2 Å². The Hall–Kier alpha value is -0.940. The summed E-state index contributed by atoms with van der Waals surface area (Å²) >= 11 is 1.66. The molecule has 1 fully saturated rings. The largest absolute Gasteiger partial charge is 0.475 e. The van der Waals surface area contributed by atoms with Gasteiger partial charge in [-0.15, -0.1) is 0 Å². The minimum absolute atomic E-state index is 0.122. The van der Waals surface area contributed by atoms with Gasteiger partial charge in [0.25, 0.3) is 0 Å². The molecule has 1 aliphatic heterocycles. The third-order valence-corrected chi connectivity index (χ3v) is 3.89. The highest BCUT2D eigenvalue weighted by Gasteiger charge is 2.40. The molecule has 1 saturated heterocycles. The molecule has 82 valence electrons. The lowest BCUT2D eigenvalue weighted by Gasteiger charge is -2.18. The highest BCUT2D eigenvalue weighted by atomic mass is 32.2. The van der Waals surface area contributed by atoms with Gasteiger partial charge in [0.15, 0.2) is 0 Å². The lowest BCUT2D eigenvalue weighted by atomic mass is 9.98. The maximum Gasteiger partial charge on any atom is 0.371 e. The Bertz CT molecular complexity index is 387. The van der Waals surface area contributed by atoms with E-state index in [9.17, 15) is 9.90 Å². The normalized spacial score (nSPS) is 30.7. The first-order chi connectivity index (χ1) is 7.01. The van der Waals surface area contributed by atoms with Gasteiger partial charge in [0, 0.05) is 11.0 Å². The van der Waals surface area contributed by atoms with Crippen LogP contribution in [0.25, 0.3) is 0 Å². The number of carboxylic acids is 1. The van der Waals surface area contributed by atoms with Crippen LogP contribution in [0.4, 0.5) is 0 Å². The molecular formula is C10H12O4S. The maximum atomic E-state index is 10.6. The Balaban J connectivity index is 2.25. The van der Waals surface area contributed by atoms with Gasteiger partial charge >= 0.3 is 5.97 Å². The number of furan rings is 1. The van der Waals surface area contributed by atoms with Crippen molar-refractivity contribution >= 4 is 17.7 Å². The summed E-state index contributed by atoms with van der Waals surface area (Å²) in [6.07, 6.45) is 0.601. The van der Waals surface area contributed by atoms with Gasteiger partial charge in [0.2, 0.25) is 5.76 Å². The molecule has 0 saturated carbocycles. The molecule has 0 bridgehead atoms. The summed E-state index contributed by atoms with van der Waals surface area (Å²) in [6, 6.07) is 2.92. The second-order valence-corrected chi connectivity index (χ2v) is 5.25. The molecule has 4 nitrogen and oxygen atoms in total. The van der Waals surface area contributed by atoms with Crippen LogP contribution in [-0.2, 0) is 5.60 Å². The quantitative estimate of drug-likeness (QED) is 0.806. The molecule has 0 spiro atoms. The number of hydrogen-bond acceptors (Lipinski definition) is 4. The van der Waals surface area contributed by atoms with E-state index in [1.54, 1.807) is 17.8 Å². The van der Waals surface area contributed by atoms with Crippen molar-refractivity contribution in [1.29, 1.82) is 0 Å². The van der Waals surface area contributed by atoms with E-state index in [0.29, 0.717) is 23.2 Å². The van der Waals surface area contributed by atoms with Crippen LogP contribution in [0.15, 0.2) is 16.5 Å². The third-order valence-electron chi connectivity index (χ3n) is 2.51. The summed E-state index contributed by atoms with van der Waals surface area (Å²) in [5.41, 5.74) is -1.00. The van der Waals surface area contributed by atoms with Gasteiger partial charge in [-0.1, -0.05) is 6.92 Å². The van der Waals surface area contributed by atoms with Crippen molar-refractivity contribution in [3.8, 4) is 0 Å². The maximum absolute atomic E-state index is 10.6. The van der Waals surface area contributed by atoms with Crippen molar-refractivity contribution in [1.82, 2.24) is 0 Å². The fraction of sp³-hybridized carbons (Fsp3) is 0.500. The zero-order chi connectivity index (χ0) is 11.1. The van der Waals surface area contributed by atoms with Crippen molar-refractivity contribution in [3.63, 3.8) is 0 Å². The molecule has 2 rings (SSSR count). The fourth-order valence-corrected chi connectivity index (χ4v) is 2.96. The average molecular weight is 228 g/mol. The number of rotatable bonds is 2. The van der Waals surface area contributed by atoms with E-state index in [1.807, 2.05) is 6.92 Å². The van der Waals surface area contributed by atoms with Gasteiger partial charge in [-0.3, -0.25) is 0 Å². The van der Waals surface area contributed by atoms with E-state index in [2.05, 4.69) is 0 Å². The van der Waals surface area contributed by atoms with E-state index >= 15 is 0 Å². The fourth-order valence-electron chi connectivity index (χ4n) is 1.75. The number of thioether (sulfide) groups is 1. The van der Waals surface area contributed by atoms with Crippen molar-refractivity contribution in [2.24, 2.45) is 0 Å². The predicted octanol–water partition coefficient (Wildman–Crippen LogP) is 1.69. The van der Waals surface area contributed by atoms with Gasteiger partial charge < -0.3 is 14.6 Å². The molecule has 0 aromatic carbocycles. The van der Waals surface area contributed by atoms with E-state index in [1.165, 1.54) is 6.07 Å². The van der Waals surface area contributed by atoms with E-state index in [4.69, 9.17) is 9.52 Å². The molecule has 0 amide bonds. The first-order valence-corrected chi connectivity index (χ1v) is 5.74. The Kier molecular flexibility index (Phi) is 2.52. The summed E-state index contributed by atoms with van der Waals surface area (Å²) in [6.45, 7) is 2.03. The summed E-state index contributed by atoms with van der Waals surface area (Å²) in [4.78, 5) is 10.6. The van der Waals surface area contributed by atoms with Crippen molar-refractivity contribution in [2.75, 3.05) is 5.75 Å². The SMILES string of the molecule is CC1CC(O)(c2ccc(C(=O)O)o2)CS1. The molecule has 2 heterocycles. The topological polar surface area (TPSA) is 70.7 Å². The van der Waals surface area contributed by atoms with Crippen molar-refractivity contribution in [3.05, 3.63) is 23.7 Å². The molecule has 0 radical (unpaired) electrons. The van der Waals surface area contributed by atoms with Crippen molar-refractivity contribution < 1.29 is 19.4 Å². The number of carbonyl (C=O) groups is 1. The van der Waals surface area contributed by atoms with Gasteiger partial charge in [-0.2, -0.15) is 11.8 Å². The Labute approximate surface area is 91.3 Å². The number of carboxylic acid groups (broad SMARTS) is 1. The Morgan fingerprint density at radius 3 is 2.87 bits per heavy atom. The first kappa shape index (κ1) is 10.6. The smallest absolute Gasteiger partial charge is 0.371 e. The monoisotopic (exact) mass is 228 g/mol. The number of aliphatic hydroxyl groups is 1. The van der Waals surface area contributed by atoms with Gasteiger partial charge in [0.05, 0.1) is 0 Å². The highest BCUT2D eigenvalue weighted by Crippen LogP contribution is 2.41. The van der Waals surface area contributed by atoms with Crippen LogP contribution < -0.4 is 0 Å². The van der Waals surface area contributed by atoms with Crippen LogP contribution in [0.3, 0.4) is 0 Å². The molecule has 5 heteroatoms. The molecule has 1 aromatic heterocycles. The lowest BCUT2D eigenvalue weighted by Crippen LogP contribution is -2.24. The number of aromatic carboxylic acids is 1. The van der Waals surface area contributed by atoms with Crippen LogP contribution in [0.5, 0.6) is 0 Å². The number of hydrogen-bond donors (Lipinski definition) is 2. The molecule has 0 aliphatic carbocycles. The minimum atomic E-state index is -1.11. The molecule has 2 unspecified atom stereocenters. The first-order valence-electron chi connectivity index (χ1n) is 4.69. The lowest BCUT2D eigenvalue weighted by molar-refractivity contribution is 0.0350. The highest BCUT2D eigenvalue weighted by molar-refractivity contribution is 8.00. The Morgan fingerprint density at radius 2 is 2.40 bits per heavy atom. The van der Waals surface area contributed by atoms with Crippen LogP contribution in [0.2, 0.25) is 0 Å². The van der Waals surface area contributed by atoms with Gasteiger partial charge in [-0.05, 0) is 18.6 Å². The second kappa shape index (κ2) is 3.57. The standard InChI is InChI=1S/C10H12O4S/c1-6-4-10(13,5-15-6)8-3-2-7(14-8)9(11)12/h2-3,6,13H,4-5H2,1H3,(H,11,12). The molecule has 15 heavy (non-hydrogen) atoms. The predicted molar refractivity (Wildman–Crippen MR) is 56.1 cm³/mol. The zero-order valence-corrected chi connectivity index (χ0v) is 9.08. The summed E-state index contributed by atoms with van der Waals surface area (Å²) in [7, 11) is 0. The second-order valence-electron chi connectivity index (χ2n) is 3.83. The third kappa shape index (κ3) is 1.89. The van der Waals surface area contributed by atoms with Crippen LogP contribution in [-0.4, -0.2) is 27.2 Å². The molecule has 1 aliphatic rings. The molecule has 2 N–H and O–H groups in total. The molecule has 2 atom stereocenters. The van der Waals surface area contributed by atoms with E-state index < -0.39 is 11.6 Å². The van der Waals surface area contributed by atoms with Gasteiger partial charge in [0.1, 0.15) is 11.4 Å². The molecule has 1 aromatic rings. The Morgan fingerprint density at radius 1 is 1.67 bits per heavy atom. The van der Waals surface area contributed by atoms with Crippen LogP contribution in [0, 0.1) is 0 Å². The van der Waals surface area contributed by atoms with E-state index in [-0.39, 0.29) is 5.76 Å². The summed E-state index contributed by atoms with van der Waals surface area (Å²) in [5, 5.41) is 19.3. The summed E-state index contributed by atoms with van der Waals surface area (Å²) < 4.78 is 5.12.